The first-order valence-corrected chi connectivity index (χ1v) is 14.8. The van der Waals surface area contributed by atoms with E-state index in [1.807, 2.05) is 37.3 Å². The van der Waals surface area contributed by atoms with Crippen LogP contribution < -0.4 is 14.4 Å². The lowest BCUT2D eigenvalue weighted by atomic mass is 10.1. The van der Waals surface area contributed by atoms with Crippen LogP contribution in [0, 0.1) is 0 Å². The molecule has 0 heterocycles. The molecule has 2 aromatic rings. The van der Waals surface area contributed by atoms with Gasteiger partial charge in [-0.25, -0.2) is 8.42 Å². The molecule has 1 saturated carbocycles. The summed E-state index contributed by atoms with van der Waals surface area (Å²) in [5, 5.41) is 3.41. The second-order valence-corrected chi connectivity index (χ2v) is 11.7. The highest BCUT2D eigenvalue weighted by Gasteiger charge is 2.33. The largest absolute Gasteiger partial charge is 0.495 e. The highest BCUT2D eigenvalue weighted by molar-refractivity contribution is 7.92. The Morgan fingerprint density at radius 3 is 2.41 bits per heavy atom. The summed E-state index contributed by atoms with van der Waals surface area (Å²) in [6.07, 6.45) is 5.95. The first-order chi connectivity index (χ1) is 17.6. The number of hydrogen-bond acceptors (Lipinski definition) is 5. The summed E-state index contributed by atoms with van der Waals surface area (Å²) in [7, 11) is -2.47. The van der Waals surface area contributed by atoms with Crippen molar-refractivity contribution in [1.29, 1.82) is 0 Å². The van der Waals surface area contributed by atoms with Crippen LogP contribution in [0.3, 0.4) is 0 Å². The maximum atomic E-state index is 13.8. The molecule has 1 aliphatic rings. The number of carbonyl (C=O) groups is 2. The van der Waals surface area contributed by atoms with Gasteiger partial charge < -0.3 is 15.0 Å². The van der Waals surface area contributed by atoms with Gasteiger partial charge in [0, 0.05) is 17.6 Å². The molecule has 1 atom stereocenters. The Kier molecular flexibility index (Phi) is 10.2. The zero-order valence-electron chi connectivity index (χ0n) is 21.7. The third-order valence-corrected chi connectivity index (χ3v) is 8.02. The number of nitrogens with zero attached hydrogens (tertiary/aromatic N) is 2. The SMILES string of the molecule is CCC(C(=O)NC1CCCC1)N(CCc1ccccc1)C(=O)CN(c1cc(Cl)ccc1OC)S(C)(=O)=O. The molecule has 10 heteroatoms. The fraction of sp³-hybridized carbons (Fsp3) is 0.481. The summed E-state index contributed by atoms with van der Waals surface area (Å²) in [5.41, 5.74) is 1.18. The number of hydrogen-bond donors (Lipinski definition) is 1. The Labute approximate surface area is 225 Å². The van der Waals surface area contributed by atoms with E-state index in [-0.39, 0.29) is 29.9 Å². The third-order valence-electron chi connectivity index (χ3n) is 6.66. The average Bonchev–Trinajstić information content (AvgIpc) is 3.37. The Morgan fingerprint density at radius 2 is 1.81 bits per heavy atom. The second kappa shape index (κ2) is 13.1. The topological polar surface area (TPSA) is 96.0 Å². The number of halogens is 1. The second-order valence-electron chi connectivity index (χ2n) is 9.32. The zero-order chi connectivity index (χ0) is 27.0. The van der Waals surface area contributed by atoms with Crippen molar-refractivity contribution in [3.05, 3.63) is 59.1 Å². The molecule has 0 saturated heterocycles. The van der Waals surface area contributed by atoms with Crippen LogP contribution in [0.2, 0.25) is 5.02 Å². The Hall–Kier alpha value is -2.78. The van der Waals surface area contributed by atoms with E-state index in [0.717, 1.165) is 41.8 Å². The fourth-order valence-electron chi connectivity index (χ4n) is 4.72. The van der Waals surface area contributed by atoms with Gasteiger partial charge in [-0.1, -0.05) is 61.7 Å². The minimum atomic E-state index is -3.89. The molecule has 0 radical (unpaired) electrons. The molecule has 8 nitrogen and oxygen atoms in total. The standard InChI is InChI=1S/C27H36ClN3O5S/c1-4-23(27(33)29-22-12-8-9-13-22)30(17-16-20-10-6-5-7-11-20)26(32)19-31(37(3,34)35)24-18-21(28)14-15-25(24)36-2/h5-7,10-11,14-15,18,22-23H,4,8-9,12-13,16-17,19H2,1-3H3,(H,29,33). The van der Waals surface area contributed by atoms with Crippen molar-refractivity contribution in [2.24, 2.45) is 0 Å². The van der Waals surface area contributed by atoms with Crippen molar-refractivity contribution in [3.63, 3.8) is 0 Å². The summed E-state index contributed by atoms with van der Waals surface area (Å²) in [6, 6.07) is 13.6. The van der Waals surface area contributed by atoms with Gasteiger partial charge in [0.2, 0.25) is 21.8 Å². The number of carbonyl (C=O) groups excluding carboxylic acids is 2. The minimum Gasteiger partial charge on any atom is -0.495 e. The minimum absolute atomic E-state index is 0.107. The van der Waals surface area contributed by atoms with Crippen molar-refractivity contribution in [2.45, 2.75) is 57.5 Å². The summed E-state index contributed by atoms with van der Waals surface area (Å²) < 4.78 is 32.0. The first-order valence-electron chi connectivity index (χ1n) is 12.6. The molecule has 0 aliphatic heterocycles. The Morgan fingerprint density at radius 1 is 1.14 bits per heavy atom. The van der Waals surface area contributed by atoms with Crippen LogP contribution >= 0.6 is 11.6 Å². The van der Waals surface area contributed by atoms with Crippen molar-refractivity contribution < 1.29 is 22.7 Å². The number of methoxy groups -OCH3 is 1. The molecule has 1 unspecified atom stereocenters. The van der Waals surface area contributed by atoms with Gasteiger partial charge in [0.05, 0.1) is 19.1 Å². The lowest BCUT2D eigenvalue weighted by molar-refractivity contribution is -0.139. The number of nitrogens with one attached hydrogen (secondary N) is 1. The summed E-state index contributed by atoms with van der Waals surface area (Å²) in [4.78, 5) is 28.6. The number of amides is 2. The highest BCUT2D eigenvalue weighted by Crippen LogP contribution is 2.33. The van der Waals surface area contributed by atoms with Gasteiger partial charge >= 0.3 is 0 Å². The molecule has 1 aliphatic carbocycles. The van der Waals surface area contributed by atoms with Crippen LogP contribution in [0.5, 0.6) is 5.75 Å². The lowest BCUT2D eigenvalue weighted by Crippen LogP contribution is -2.54. The van der Waals surface area contributed by atoms with Gasteiger partial charge in [0.25, 0.3) is 0 Å². The van der Waals surface area contributed by atoms with Gasteiger partial charge in [0.15, 0.2) is 0 Å². The zero-order valence-corrected chi connectivity index (χ0v) is 23.2. The van der Waals surface area contributed by atoms with Gasteiger partial charge in [-0.3, -0.25) is 13.9 Å². The van der Waals surface area contributed by atoms with Crippen LogP contribution in [0.15, 0.2) is 48.5 Å². The molecule has 0 aromatic heterocycles. The van der Waals surface area contributed by atoms with Crippen molar-refractivity contribution in [1.82, 2.24) is 10.2 Å². The number of rotatable bonds is 12. The average molecular weight is 550 g/mol. The molecule has 37 heavy (non-hydrogen) atoms. The molecule has 2 aromatic carbocycles. The van der Waals surface area contributed by atoms with E-state index in [0.29, 0.717) is 17.9 Å². The van der Waals surface area contributed by atoms with Crippen LogP contribution in [-0.2, 0) is 26.0 Å². The molecule has 1 fully saturated rings. The van der Waals surface area contributed by atoms with Gasteiger partial charge in [-0.2, -0.15) is 0 Å². The molecular formula is C27H36ClN3O5S. The number of sulfonamides is 1. The molecule has 0 bridgehead atoms. The normalized spacial score (nSPS) is 14.7. The van der Waals surface area contributed by atoms with Crippen molar-refractivity contribution >= 4 is 39.1 Å². The smallest absolute Gasteiger partial charge is 0.244 e. The number of anilines is 1. The Balaban J connectivity index is 1.91. The monoisotopic (exact) mass is 549 g/mol. The van der Waals surface area contributed by atoms with Crippen molar-refractivity contribution in [3.8, 4) is 5.75 Å². The molecular weight excluding hydrogens is 514 g/mol. The highest BCUT2D eigenvalue weighted by atomic mass is 35.5. The maximum Gasteiger partial charge on any atom is 0.244 e. The first kappa shape index (κ1) is 28.8. The van der Waals surface area contributed by atoms with E-state index >= 15 is 0 Å². The maximum absolute atomic E-state index is 13.8. The molecule has 1 N–H and O–H groups in total. The quantitative estimate of drug-likeness (QED) is 0.431. The fourth-order valence-corrected chi connectivity index (χ4v) is 5.73. The van der Waals surface area contributed by atoms with E-state index in [1.165, 1.54) is 18.1 Å². The van der Waals surface area contributed by atoms with Gasteiger partial charge in [-0.15, -0.1) is 0 Å². The number of ether oxygens (including phenoxy) is 1. The van der Waals surface area contributed by atoms with Crippen LogP contribution in [-0.4, -0.2) is 63.7 Å². The van der Waals surface area contributed by atoms with Crippen molar-refractivity contribution in [2.75, 3.05) is 30.8 Å². The van der Waals surface area contributed by atoms with Gasteiger partial charge in [-0.05, 0) is 49.4 Å². The number of benzene rings is 2. The summed E-state index contributed by atoms with van der Waals surface area (Å²) in [6.45, 7) is 1.64. The van der Waals surface area contributed by atoms with E-state index in [2.05, 4.69) is 5.32 Å². The predicted molar refractivity (Wildman–Crippen MR) is 147 cm³/mol. The van der Waals surface area contributed by atoms with Gasteiger partial charge in [0.1, 0.15) is 18.3 Å². The lowest BCUT2D eigenvalue weighted by Gasteiger charge is -2.33. The Bertz CT molecular complexity index is 1170. The third kappa shape index (κ3) is 7.85. The van der Waals surface area contributed by atoms with E-state index in [9.17, 15) is 18.0 Å². The predicted octanol–water partition coefficient (Wildman–Crippen LogP) is 4.02. The van der Waals surface area contributed by atoms with Crippen LogP contribution in [0.25, 0.3) is 0 Å². The van der Waals surface area contributed by atoms with Crippen LogP contribution in [0.4, 0.5) is 5.69 Å². The van der Waals surface area contributed by atoms with Crippen LogP contribution in [0.1, 0.15) is 44.6 Å². The summed E-state index contributed by atoms with van der Waals surface area (Å²) >= 11 is 6.15. The van der Waals surface area contributed by atoms with E-state index in [4.69, 9.17) is 16.3 Å². The molecule has 2 amide bonds. The molecule has 202 valence electrons. The van der Waals surface area contributed by atoms with E-state index in [1.54, 1.807) is 12.1 Å². The van der Waals surface area contributed by atoms with E-state index < -0.39 is 28.5 Å². The summed E-state index contributed by atoms with van der Waals surface area (Å²) in [5.74, 6) is -0.414. The molecule has 0 spiro atoms. The molecule has 3 rings (SSSR count).